The molecule has 2 aromatic carbocycles. The minimum Gasteiger partial charge on any atom is -0.486 e. The van der Waals surface area contributed by atoms with Gasteiger partial charge in [0.05, 0.1) is 12.1 Å². The summed E-state index contributed by atoms with van der Waals surface area (Å²) < 4.78 is 43.0. The molecule has 202 valence electrons. The quantitative estimate of drug-likeness (QED) is 0.180. The van der Waals surface area contributed by atoms with Gasteiger partial charge in [-0.2, -0.15) is 0 Å². The summed E-state index contributed by atoms with van der Waals surface area (Å²) in [7, 11) is -1.27. The number of nitrogens with zero attached hydrogens (tertiary/aromatic N) is 3. The zero-order valence-electron chi connectivity index (χ0n) is 22.3. The number of anilines is 1. The molecule has 0 atom stereocenters. The van der Waals surface area contributed by atoms with Gasteiger partial charge in [-0.3, -0.25) is 4.79 Å². The number of aromatic nitrogens is 3. The van der Waals surface area contributed by atoms with E-state index in [1.54, 1.807) is 22.9 Å². The van der Waals surface area contributed by atoms with Crippen molar-refractivity contribution < 1.29 is 18.3 Å². The molecule has 7 nitrogen and oxygen atoms in total. The Balaban J connectivity index is 1.67. The number of fused-ring (bicyclic) bond motifs is 1. The van der Waals surface area contributed by atoms with Crippen molar-refractivity contribution in [3.8, 4) is 5.75 Å². The van der Waals surface area contributed by atoms with Crippen molar-refractivity contribution in [3.63, 3.8) is 0 Å². The molecular weight excluding hydrogens is 506 g/mol. The molecule has 1 N–H and O–H groups in total. The number of ether oxygens (including phenoxy) is 2. The summed E-state index contributed by atoms with van der Waals surface area (Å²) in [6.07, 6.45) is 1.73. The van der Waals surface area contributed by atoms with Crippen LogP contribution in [-0.4, -0.2) is 35.3 Å². The Kier molecular flexibility index (Phi) is 8.63. The lowest BCUT2D eigenvalue weighted by atomic mass is 10.2. The highest BCUT2D eigenvalue weighted by Gasteiger charge is 2.18. The second kappa shape index (κ2) is 11.9. The molecule has 0 saturated heterocycles. The molecule has 0 aliphatic rings. The Hall–Kier alpha value is -3.50. The van der Waals surface area contributed by atoms with E-state index < -0.39 is 19.7 Å². The van der Waals surface area contributed by atoms with Crippen LogP contribution in [0.1, 0.15) is 18.3 Å². The van der Waals surface area contributed by atoms with Crippen LogP contribution in [-0.2, 0) is 24.6 Å². The minimum absolute atomic E-state index is 0.0790. The van der Waals surface area contributed by atoms with Gasteiger partial charge in [-0.25, -0.2) is 13.8 Å². The monoisotopic (exact) mass is 540 g/mol. The first-order valence-corrected chi connectivity index (χ1v) is 16.4. The third-order valence-corrected chi connectivity index (χ3v) is 7.84. The topological polar surface area (TPSA) is 70.3 Å². The molecule has 0 saturated carbocycles. The molecular formula is C28H34F2N4O3Si. The predicted molar refractivity (Wildman–Crippen MR) is 148 cm³/mol. The van der Waals surface area contributed by atoms with Crippen LogP contribution in [0.25, 0.3) is 11.0 Å². The van der Waals surface area contributed by atoms with Crippen molar-refractivity contribution in [2.45, 2.75) is 52.5 Å². The molecule has 4 rings (SSSR count). The fourth-order valence-electron chi connectivity index (χ4n) is 4.02. The Morgan fingerprint density at radius 2 is 1.89 bits per heavy atom. The highest BCUT2D eigenvalue weighted by atomic mass is 28.3. The van der Waals surface area contributed by atoms with Gasteiger partial charge < -0.3 is 23.9 Å². The molecule has 38 heavy (non-hydrogen) atoms. The summed E-state index contributed by atoms with van der Waals surface area (Å²) in [6.45, 7) is 10.5. The van der Waals surface area contributed by atoms with Crippen LogP contribution < -0.4 is 15.6 Å². The van der Waals surface area contributed by atoms with E-state index in [9.17, 15) is 13.6 Å². The van der Waals surface area contributed by atoms with E-state index in [4.69, 9.17) is 14.5 Å². The van der Waals surface area contributed by atoms with Crippen LogP contribution in [0.2, 0.25) is 25.7 Å². The summed E-state index contributed by atoms with van der Waals surface area (Å²) in [5.74, 6) is -0.215. The molecule has 2 heterocycles. The van der Waals surface area contributed by atoms with E-state index >= 15 is 0 Å². The number of imidazole rings is 1. The van der Waals surface area contributed by atoms with E-state index in [-0.39, 0.29) is 31.0 Å². The van der Waals surface area contributed by atoms with Crippen LogP contribution in [0.5, 0.6) is 5.75 Å². The van der Waals surface area contributed by atoms with E-state index in [1.165, 1.54) is 12.1 Å². The van der Waals surface area contributed by atoms with Crippen molar-refractivity contribution in [1.29, 1.82) is 0 Å². The minimum atomic E-state index is -1.27. The maximum absolute atomic E-state index is 14.2. The molecule has 0 radical (unpaired) electrons. The standard InChI is InChI=1S/C28H34F2N4O3Si/c1-5-31-23-8-7-13-33(28(23)35)17-26-32-27-24(34(26)19-36-14-15-38(2,3)4)9-6-10-25(27)37-18-20-11-12-21(29)16-22(20)30/h6-13,16,31H,5,14-15,17-19H2,1-4H3. The average molecular weight is 541 g/mol. The summed E-state index contributed by atoms with van der Waals surface area (Å²) in [5.41, 5.74) is 1.98. The number of benzene rings is 2. The highest BCUT2D eigenvalue weighted by molar-refractivity contribution is 6.76. The van der Waals surface area contributed by atoms with Gasteiger partial charge in [0.2, 0.25) is 0 Å². The zero-order chi connectivity index (χ0) is 27.3. The zero-order valence-corrected chi connectivity index (χ0v) is 23.3. The van der Waals surface area contributed by atoms with Gasteiger partial charge in [-0.15, -0.1) is 0 Å². The summed E-state index contributed by atoms with van der Waals surface area (Å²) in [6, 6.07) is 13.5. The number of nitrogens with one attached hydrogen (secondary N) is 1. The van der Waals surface area contributed by atoms with Crippen molar-refractivity contribution in [3.05, 3.63) is 88.1 Å². The van der Waals surface area contributed by atoms with Gasteiger partial charge in [-0.05, 0) is 49.4 Å². The lowest BCUT2D eigenvalue weighted by Gasteiger charge is -2.16. The molecule has 0 unspecified atom stereocenters. The Morgan fingerprint density at radius 3 is 2.63 bits per heavy atom. The van der Waals surface area contributed by atoms with Gasteiger partial charge in [0, 0.05) is 39.1 Å². The number of halogens is 2. The van der Waals surface area contributed by atoms with E-state index in [0.717, 1.165) is 17.6 Å². The van der Waals surface area contributed by atoms with E-state index in [2.05, 4.69) is 25.0 Å². The van der Waals surface area contributed by atoms with Gasteiger partial charge in [0.15, 0.2) is 0 Å². The second-order valence-corrected chi connectivity index (χ2v) is 16.0. The summed E-state index contributed by atoms with van der Waals surface area (Å²) in [5, 5.41) is 3.09. The first kappa shape index (κ1) is 27.5. The molecule has 10 heteroatoms. The molecule has 0 fully saturated rings. The first-order valence-electron chi connectivity index (χ1n) is 12.7. The molecule has 0 bridgehead atoms. The summed E-state index contributed by atoms with van der Waals surface area (Å²) in [4.78, 5) is 17.8. The molecule has 0 aliphatic carbocycles. The Labute approximate surface area is 222 Å². The maximum atomic E-state index is 14.2. The number of rotatable bonds is 12. The Morgan fingerprint density at radius 1 is 1.08 bits per heavy atom. The smallest absolute Gasteiger partial charge is 0.274 e. The number of hydrogen-bond acceptors (Lipinski definition) is 5. The van der Waals surface area contributed by atoms with Gasteiger partial charge in [0.25, 0.3) is 5.56 Å². The van der Waals surface area contributed by atoms with E-state index in [0.29, 0.717) is 35.9 Å². The maximum Gasteiger partial charge on any atom is 0.274 e. The average Bonchev–Trinajstić information content (AvgIpc) is 3.21. The third kappa shape index (κ3) is 6.67. The van der Waals surface area contributed by atoms with Crippen LogP contribution in [0, 0.1) is 11.6 Å². The van der Waals surface area contributed by atoms with Crippen LogP contribution >= 0.6 is 0 Å². The van der Waals surface area contributed by atoms with Crippen LogP contribution in [0.4, 0.5) is 14.5 Å². The normalized spacial score (nSPS) is 11.7. The first-order chi connectivity index (χ1) is 18.2. The van der Waals surface area contributed by atoms with Crippen LogP contribution in [0.15, 0.2) is 59.5 Å². The predicted octanol–water partition coefficient (Wildman–Crippen LogP) is 5.85. The fourth-order valence-corrected chi connectivity index (χ4v) is 4.77. The van der Waals surface area contributed by atoms with E-state index in [1.807, 2.05) is 29.7 Å². The SMILES string of the molecule is CCNc1cccn(Cc2nc3c(OCc4ccc(F)cc4F)cccc3n2COCC[Si](C)(C)C)c1=O. The molecule has 0 aliphatic heterocycles. The van der Waals surface area contributed by atoms with Crippen molar-refractivity contribution >= 4 is 24.8 Å². The van der Waals surface area contributed by atoms with Crippen molar-refractivity contribution in [2.75, 3.05) is 18.5 Å². The van der Waals surface area contributed by atoms with Gasteiger partial charge >= 0.3 is 0 Å². The van der Waals surface area contributed by atoms with Crippen molar-refractivity contribution in [1.82, 2.24) is 14.1 Å². The number of hydrogen-bond donors (Lipinski definition) is 1. The molecule has 4 aromatic rings. The van der Waals surface area contributed by atoms with Gasteiger partial charge in [0.1, 0.15) is 47.8 Å². The van der Waals surface area contributed by atoms with Gasteiger partial charge in [-0.1, -0.05) is 25.7 Å². The highest BCUT2D eigenvalue weighted by Crippen LogP contribution is 2.28. The Bertz CT molecular complexity index is 1460. The molecule has 2 aromatic heterocycles. The number of pyridine rings is 1. The second-order valence-electron chi connectivity index (χ2n) is 10.3. The number of para-hydroxylation sites is 1. The largest absolute Gasteiger partial charge is 0.486 e. The molecule has 0 amide bonds. The van der Waals surface area contributed by atoms with Crippen molar-refractivity contribution in [2.24, 2.45) is 0 Å². The fraction of sp³-hybridized carbons (Fsp3) is 0.357. The lowest BCUT2D eigenvalue weighted by Crippen LogP contribution is -2.25. The lowest BCUT2D eigenvalue weighted by molar-refractivity contribution is 0.0877. The van der Waals surface area contributed by atoms with Crippen LogP contribution in [0.3, 0.4) is 0 Å². The molecule has 0 spiro atoms. The third-order valence-electron chi connectivity index (χ3n) is 6.14. The summed E-state index contributed by atoms with van der Waals surface area (Å²) >= 11 is 0.